The SMILES string of the molecule is Clc1ccc(C(Cl)c2ccoc2)c2ccccc12. The predicted molar refractivity (Wildman–Crippen MR) is 75.4 cm³/mol. The molecule has 0 fully saturated rings. The molecule has 1 unspecified atom stereocenters. The zero-order chi connectivity index (χ0) is 12.5. The van der Waals surface area contributed by atoms with Crippen molar-refractivity contribution in [1.29, 1.82) is 0 Å². The van der Waals surface area contributed by atoms with Crippen molar-refractivity contribution in [2.45, 2.75) is 5.38 Å². The smallest absolute Gasteiger partial charge is 0.0952 e. The van der Waals surface area contributed by atoms with Crippen molar-refractivity contribution in [1.82, 2.24) is 0 Å². The summed E-state index contributed by atoms with van der Waals surface area (Å²) in [4.78, 5) is 0. The topological polar surface area (TPSA) is 13.1 Å². The standard InChI is InChI=1S/C15H10Cl2O/c16-14-6-5-13(11-3-1-2-4-12(11)14)15(17)10-7-8-18-9-10/h1-9,15H. The first-order valence-electron chi connectivity index (χ1n) is 5.60. The number of benzene rings is 2. The summed E-state index contributed by atoms with van der Waals surface area (Å²) in [6.45, 7) is 0. The Hall–Kier alpha value is -1.44. The molecule has 0 saturated carbocycles. The van der Waals surface area contributed by atoms with Crippen molar-refractivity contribution < 1.29 is 4.42 Å². The van der Waals surface area contributed by atoms with E-state index in [-0.39, 0.29) is 5.38 Å². The second-order valence-electron chi connectivity index (χ2n) is 4.10. The Morgan fingerprint density at radius 3 is 2.44 bits per heavy atom. The number of hydrogen-bond donors (Lipinski definition) is 0. The highest BCUT2D eigenvalue weighted by molar-refractivity contribution is 6.36. The minimum Gasteiger partial charge on any atom is -0.472 e. The van der Waals surface area contributed by atoms with E-state index < -0.39 is 0 Å². The molecule has 18 heavy (non-hydrogen) atoms. The number of halogens is 2. The molecule has 1 heterocycles. The summed E-state index contributed by atoms with van der Waals surface area (Å²) in [5.41, 5.74) is 1.99. The van der Waals surface area contributed by atoms with Crippen LogP contribution >= 0.6 is 23.2 Å². The highest BCUT2D eigenvalue weighted by Gasteiger charge is 2.15. The molecule has 2 aromatic carbocycles. The van der Waals surface area contributed by atoms with E-state index in [4.69, 9.17) is 27.6 Å². The monoisotopic (exact) mass is 276 g/mol. The number of fused-ring (bicyclic) bond motifs is 1. The Morgan fingerprint density at radius 2 is 1.72 bits per heavy atom. The maximum absolute atomic E-state index is 6.50. The second kappa shape index (κ2) is 4.68. The molecule has 0 amide bonds. The summed E-state index contributed by atoms with van der Waals surface area (Å²) in [7, 11) is 0. The van der Waals surface area contributed by atoms with Crippen LogP contribution in [0.2, 0.25) is 5.02 Å². The van der Waals surface area contributed by atoms with Gasteiger partial charge < -0.3 is 4.42 Å². The fraction of sp³-hybridized carbons (Fsp3) is 0.0667. The Bertz CT molecular complexity index is 674. The van der Waals surface area contributed by atoms with Gasteiger partial charge in [0.15, 0.2) is 0 Å². The first kappa shape index (κ1) is 11.6. The van der Waals surface area contributed by atoms with Crippen LogP contribution in [0, 0.1) is 0 Å². The van der Waals surface area contributed by atoms with Crippen molar-refractivity contribution in [3.63, 3.8) is 0 Å². The largest absolute Gasteiger partial charge is 0.472 e. The molecule has 0 aliphatic carbocycles. The van der Waals surface area contributed by atoms with E-state index in [9.17, 15) is 0 Å². The lowest BCUT2D eigenvalue weighted by atomic mass is 9.99. The molecule has 0 aliphatic rings. The number of rotatable bonds is 2. The van der Waals surface area contributed by atoms with Crippen LogP contribution in [0.25, 0.3) is 10.8 Å². The highest BCUT2D eigenvalue weighted by Crippen LogP contribution is 2.36. The first-order chi connectivity index (χ1) is 8.77. The molecule has 1 atom stereocenters. The zero-order valence-corrected chi connectivity index (χ0v) is 10.9. The van der Waals surface area contributed by atoms with E-state index in [0.717, 1.165) is 26.9 Å². The molecule has 3 rings (SSSR count). The normalized spacial score (nSPS) is 12.8. The summed E-state index contributed by atoms with van der Waals surface area (Å²) in [6, 6.07) is 13.7. The molecular weight excluding hydrogens is 267 g/mol. The molecular formula is C15H10Cl2O. The maximum Gasteiger partial charge on any atom is 0.0952 e. The van der Waals surface area contributed by atoms with Gasteiger partial charge in [-0.05, 0) is 23.1 Å². The molecule has 1 nitrogen and oxygen atoms in total. The van der Waals surface area contributed by atoms with Crippen LogP contribution in [0.4, 0.5) is 0 Å². The van der Waals surface area contributed by atoms with E-state index in [1.165, 1.54) is 0 Å². The van der Waals surface area contributed by atoms with Gasteiger partial charge in [0.25, 0.3) is 0 Å². The first-order valence-corrected chi connectivity index (χ1v) is 6.42. The van der Waals surface area contributed by atoms with Crippen molar-refractivity contribution in [2.24, 2.45) is 0 Å². The Labute approximate surface area is 115 Å². The fourth-order valence-electron chi connectivity index (χ4n) is 2.11. The molecule has 1 aromatic heterocycles. The quantitative estimate of drug-likeness (QED) is 0.570. The summed E-state index contributed by atoms with van der Waals surface area (Å²) < 4.78 is 5.08. The van der Waals surface area contributed by atoms with Crippen LogP contribution in [-0.4, -0.2) is 0 Å². The molecule has 0 aliphatic heterocycles. The van der Waals surface area contributed by atoms with Crippen molar-refractivity contribution in [2.75, 3.05) is 0 Å². The average molecular weight is 277 g/mol. The number of hydrogen-bond acceptors (Lipinski definition) is 1. The molecule has 0 spiro atoms. The minimum absolute atomic E-state index is 0.231. The molecule has 0 N–H and O–H groups in total. The van der Waals surface area contributed by atoms with Gasteiger partial charge in [-0.15, -0.1) is 11.6 Å². The summed E-state index contributed by atoms with van der Waals surface area (Å²) in [5.74, 6) is 0. The lowest BCUT2D eigenvalue weighted by Crippen LogP contribution is -1.93. The van der Waals surface area contributed by atoms with Crippen molar-refractivity contribution in [3.05, 3.63) is 71.1 Å². The maximum atomic E-state index is 6.50. The van der Waals surface area contributed by atoms with Crippen molar-refractivity contribution >= 4 is 34.0 Å². The summed E-state index contributed by atoms with van der Waals surface area (Å²) in [6.07, 6.45) is 3.30. The van der Waals surface area contributed by atoms with Crippen LogP contribution in [0.3, 0.4) is 0 Å². The molecule has 90 valence electrons. The van der Waals surface area contributed by atoms with Gasteiger partial charge in [0.2, 0.25) is 0 Å². The summed E-state index contributed by atoms with van der Waals surface area (Å²) >= 11 is 12.7. The molecule has 0 radical (unpaired) electrons. The summed E-state index contributed by atoms with van der Waals surface area (Å²) in [5, 5.41) is 2.60. The van der Waals surface area contributed by atoms with Crippen LogP contribution in [0.5, 0.6) is 0 Å². The van der Waals surface area contributed by atoms with E-state index in [2.05, 4.69) is 0 Å². The predicted octanol–water partition coefficient (Wildman–Crippen LogP) is 5.41. The van der Waals surface area contributed by atoms with Gasteiger partial charge in [-0.3, -0.25) is 0 Å². The number of furan rings is 1. The van der Waals surface area contributed by atoms with Crippen molar-refractivity contribution in [3.8, 4) is 0 Å². The van der Waals surface area contributed by atoms with E-state index in [0.29, 0.717) is 0 Å². The Balaban J connectivity index is 2.21. The lowest BCUT2D eigenvalue weighted by Gasteiger charge is -2.12. The van der Waals surface area contributed by atoms with E-state index in [1.807, 2.05) is 42.5 Å². The average Bonchev–Trinajstić information content (AvgIpc) is 2.93. The minimum atomic E-state index is -0.231. The molecule has 0 saturated heterocycles. The second-order valence-corrected chi connectivity index (χ2v) is 4.95. The van der Waals surface area contributed by atoms with Gasteiger partial charge in [0.1, 0.15) is 0 Å². The van der Waals surface area contributed by atoms with E-state index in [1.54, 1.807) is 12.5 Å². The van der Waals surface area contributed by atoms with Gasteiger partial charge in [0, 0.05) is 16.0 Å². The van der Waals surface area contributed by atoms with Gasteiger partial charge in [-0.25, -0.2) is 0 Å². The third kappa shape index (κ3) is 1.90. The van der Waals surface area contributed by atoms with E-state index >= 15 is 0 Å². The highest BCUT2D eigenvalue weighted by atomic mass is 35.5. The lowest BCUT2D eigenvalue weighted by molar-refractivity contribution is 0.564. The van der Waals surface area contributed by atoms with Gasteiger partial charge >= 0.3 is 0 Å². The van der Waals surface area contributed by atoms with Crippen LogP contribution in [-0.2, 0) is 0 Å². The third-order valence-corrected chi connectivity index (χ3v) is 3.83. The van der Waals surface area contributed by atoms with Crippen LogP contribution in [0.15, 0.2) is 59.4 Å². The van der Waals surface area contributed by atoms with Gasteiger partial charge in [-0.1, -0.05) is 41.9 Å². The molecule has 3 heteroatoms. The Kier molecular flexibility index (Phi) is 3.02. The molecule has 3 aromatic rings. The van der Waals surface area contributed by atoms with Gasteiger partial charge in [0.05, 0.1) is 17.9 Å². The van der Waals surface area contributed by atoms with Crippen LogP contribution in [0.1, 0.15) is 16.5 Å². The zero-order valence-electron chi connectivity index (χ0n) is 9.44. The van der Waals surface area contributed by atoms with Crippen LogP contribution < -0.4 is 0 Å². The van der Waals surface area contributed by atoms with Gasteiger partial charge in [-0.2, -0.15) is 0 Å². The number of alkyl halides is 1. The third-order valence-electron chi connectivity index (χ3n) is 3.01. The molecule has 0 bridgehead atoms. The fourth-order valence-corrected chi connectivity index (χ4v) is 2.65. The Morgan fingerprint density at radius 1 is 0.944 bits per heavy atom.